The first kappa shape index (κ1) is 17.5. The summed E-state index contributed by atoms with van der Waals surface area (Å²) in [5.74, 6) is -0.234. The van der Waals surface area contributed by atoms with Gasteiger partial charge in [0.25, 0.3) is 11.5 Å². The van der Waals surface area contributed by atoms with Crippen molar-refractivity contribution in [3.8, 4) is 0 Å². The molecule has 1 saturated heterocycles. The Kier molecular flexibility index (Phi) is 5.22. The molecule has 1 aliphatic heterocycles. The monoisotopic (exact) mass is 371 g/mol. The number of thiophene rings is 1. The quantitative estimate of drug-likeness (QED) is 0.868. The molecule has 0 bridgehead atoms. The number of H-pyrrole nitrogens is 1. The number of hydrogen-bond acceptors (Lipinski definition) is 4. The highest BCUT2D eigenvalue weighted by Crippen LogP contribution is 2.19. The van der Waals surface area contributed by atoms with E-state index in [1.54, 1.807) is 11.3 Å². The van der Waals surface area contributed by atoms with Crippen molar-refractivity contribution < 1.29 is 4.79 Å². The van der Waals surface area contributed by atoms with Gasteiger partial charge in [0.2, 0.25) is 0 Å². The maximum atomic E-state index is 12.7. The molecule has 0 aromatic carbocycles. The van der Waals surface area contributed by atoms with Crippen LogP contribution in [-0.4, -0.2) is 34.9 Å². The number of aromatic amines is 1. The zero-order chi connectivity index (χ0) is 17.9. The summed E-state index contributed by atoms with van der Waals surface area (Å²) in [6, 6.07) is 6.15. The molecule has 0 unspecified atom stereocenters. The number of likely N-dealkylation sites (tertiary alicyclic amines) is 1. The average Bonchev–Trinajstić information content (AvgIpc) is 3.14. The number of carbonyl (C=O) groups is 1. The molecule has 0 saturated carbocycles. The van der Waals surface area contributed by atoms with E-state index >= 15 is 0 Å². The minimum atomic E-state index is -0.255. The fraction of sp³-hybridized carbons (Fsp3) is 0.500. The molecule has 0 spiro atoms. The van der Waals surface area contributed by atoms with E-state index in [0.717, 1.165) is 69.4 Å². The van der Waals surface area contributed by atoms with Gasteiger partial charge in [0, 0.05) is 29.7 Å². The number of pyridine rings is 1. The van der Waals surface area contributed by atoms with Gasteiger partial charge in [-0.3, -0.25) is 14.5 Å². The van der Waals surface area contributed by atoms with Crippen molar-refractivity contribution in [1.29, 1.82) is 0 Å². The molecule has 6 heteroatoms. The van der Waals surface area contributed by atoms with E-state index in [9.17, 15) is 9.59 Å². The van der Waals surface area contributed by atoms with Crippen molar-refractivity contribution in [2.75, 3.05) is 13.1 Å². The lowest BCUT2D eigenvalue weighted by Crippen LogP contribution is -2.48. The molecule has 138 valence electrons. The molecule has 2 N–H and O–H groups in total. The van der Waals surface area contributed by atoms with Crippen LogP contribution in [0.15, 0.2) is 28.4 Å². The van der Waals surface area contributed by atoms with Crippen LogP contribution in [0.4, 0.5) is 0 Å². The summed E-state index contributed by atoms with van der Waals surface area (Å²) in [4.78, 5) is 31.7. The van der Waals surface area contributed by atoms with Crippen molar-refractivity contribution in [3.63, 3.8) is 0 Å². The fourth-order valence-corrected chi connectivity index (χ4v) is 4.79. The highest BCUT2D eigenvalue weighted by Gasteiger charge is 2.24. The number of carbonyl (C=O) groups excluding carboxylic acids is 1. The Morgan fingerprint density at radius 2 is 2.19 bits per heavy atom. The van der Waals surface area contributed by atoms with Crippen LogP contribution >= 0.6 is 11.3 Å². The Hall–Kier alpha value is -1.92. The second-order valence-corrected chi connectivity index (χ2v) is 8.38. The Bertz CT molecular complexity index is 828. The molecule has 1 amide bonds. The van der Waals surface area contributed by atoms with Gasteiger partial charge in [-0.05, 0) is 68.1 Å². The molecule has 1 aliphatic carbocycles. The van der Waals surface area contributed by atoms with Gasteiger partial charge in [-0.1, -0.05) is 6.07 Å². The summed E-state index contributed by atoms with van der Waals surface area (Å²) >= 11 is 1.77. The molecule has 2 aliphatic rings. The molecule has 2 aromatic heterocycles. The Morgan fingerprint density at radius 1 is 1.31 bits per heavy atom. The van der Waals surface area contributed by atoms with Crippen molar-refractivity contribution in [3.05, 3.63) is 55.6 Å². The molecule has 0 radical (unpaired) electrons. The third-order valence-electron chi connectivity index (χ3n) is 5.38. The van der Waals surface area contributed by atoms with Crippen LogP contribution < -0.4 is 10.9 Å². The molecule has 5 nitrogen and oxygen atoms in total. The summed E-state index contributed by atoms with van der Waals surface area (Å²) < 4.78 is 0. The molecular weight excluding hydrogens is 346 g/mol. The smallest absolute Gasteiger partial charge is 0.261 e. The molecule has 2 aromatic rings. The van der Waals surface area contributed by atoms with Crippen LogP contribution in [0.1, 0.15) is 52.2 Å². The first-order chi connectivity index (χ1) is 12.7. The van der Waals surface area contributed by atoms with Crippen LogP contribution in [0.25, 0.3) is 0 Å². The van der Waals surface area contributed by atoms with Crippen LogP contribution in [-0.2, 0) is 19.4 Å². The lowest BCUT2D eigenvalue weighted by atomic mass is 9.95. The zero-order valence-corrected chi connectivity index (χ0v) is 15.7. The van der Waals surface area contributed by atoms with Crippen molar-refractivity contribution >= 4 is 17.2 Å². The lowest BCUT2D eigenvalue weighted by molar-refractivity contribution is 0.0899. The second kappa shape index (κ2) is 7.76. The molecule has 26 heavy (non-hydrogen) atoms. The predicted octanol–water partition coefficient (Wildman–Crippen LogP) is 2.71. The average molecular weight is 372 g/mol. The maximum absolute atomic E-state index is 12.7. The predicted molar refractivity (Wildman–Crippen MR) is 104 cm³/mol. The maximum Gasteiger partial charge on any atom is 0.261 e. The number of hydrogen-bond donors (Lipinski definition) is 2. The summed E-state index contributed by atoms with van der Waals surface area (Å²) in [6.07, 6.45) is 6.13. The van der Waals surface area contributed by atoms with Gasteiger partial charge < -0.3 is 10.3 Å². The number of piperidine rings is 1. The number of fused-ring (bicyclic) bond motifs is 1. The third kappa shape index (κ3) is 3.91. The van der Waals surface area contributed by atoms with Gasteiger partial charge in [-0.15, -0.1) is 11.3 Å². The fourth-order valence-electron chi connectivity index (χ4n) is 4.05. The number of nitrogens with zero attached hydrogens (tertiary/aromatic N) is 1. The second-order valence-electron chi connectivity index (χ2n) is 7.35. The highest BCUT2D eigenvalue weighted by atomic mass is 32.1. The van der Waals surface area contributed by atoms with E-state index in [-0.39, 0.29) is 23.1 Å². The van der Waals surface area contributed by atoms with Gasteiger partial charge in [0.1, 0.15) is 5.56 Å². The van der Waals surface area contributed by atoms with Crippen LogP contribution in [0.5, 0.6) is 0 Å². The van der Waals surface area contributed by atoms with E-state index in [1.807, 2.05) is 6.07 Å². The van der Waals surface area contributed by atoms with Gasteiger partial charge >= 0.3 is 0 Å². The van der Waals surface area contributed by atoms with Crippen molar-refractivity contribution in [1.82, 2.24) is 15.2 Å². The van der Waals surface area contributed by atoms with Gasteiger partial charge in [0.05, 0.1) is 0 Å². The summed E-state index contributed by atoms with van der Waals surface area (Å²) in [6.45, 7) is 2.83. The SMILES string of the molecule is O=C(N[C@H]1CCCN(Cc2cccs2)C1)c1cc2c([nH]c1=O)CCCC2. The topological polar surface area (TPSA) is 65.2 Å². The van der Waals surface area contributed by atoms with E-state index in [4.69, 9.17) is 0 Å². The van der Waals surface area contributed by atoms with Gasteiger partial charge in [-0.25, -0.2) is 0 Å². The first-order valence-corrected chi connectivity index (χ1v) is 10.4. The van der Waals surface area contributed by atoms with Crippen LogP contribution in [0.2, 0.25) is 0 Å². The number of aromatic nitrogens is 1. The van der Waals surface area contributed by atoms with Crippen LogP contribution in [0.3, 0.4) is 0 Å². The molecule has 4 rings (SSSR count). The lowest BCUT2D eigenvalue weighted by Gasteiger charge is -2.32. The summed E-state index contributed by atoms with van der Waals surface area (Å²) in [5, 5.41) is 5.19. The minimum Gasteiger partial charge on any atom is -0.348 e. The summed E-state index contributed by atoms with van der Waals surface area (Å²) in [5.41, 5.74) is 2.15. The summed E-state index contributed by atoms with van der Waals surface area (Å²) in [7, 11) is 0. The third-order valence-corrected chi connectivity index (χ3v) is 6.24. The standard InChI is InChI=1S/C20H25N3O2S/c24-19(17-11-14-5-1-2-8-18(14)22-20(17)25)21-15-6-3-9-23(12-15)13-16-7-4-10-26-16/h4,7,10-11,15H,1-3,5-6,8-9,12-13H2,(H,21,24)(H,22,25)/t15-/m0/s1. The van der Waals surface area contributed by atoms with E-state index in [0.29, 0.717) is 0 Å². The minimum absolute atomic E-state index is 0.103. The van der Waals surface area contributed by atoms with Gasteiger partial charge in [0.15, 0.2) is 0 Å². The van der Waals surface area contributed by atoms with Crippen LogP contribution in [0, 0.1) is 0 Å². The molecular formula is C20H25N3O2S. The van der Waals surface area contributed by atoms with Gasteiger partial charge in [-0.2, -0.15) is 0 Å². The van der Waals surface area contributed by atoms with E-state index in [2.05, 4.69) is 32.7 Å². The highest BCUT2D eigenvalue weighted by molar-refractivity contribution is 7.09. The Labute approximate surface area is 157 Å². The normalized spacial score (nSPS) is 20.5. The van der Waals surface area contributed by atoms with E-state index in [1.165, 1.54) is 4.88 Å². The number of nitrogens with one attached hydrogen (secondary N) is 2. The zero-order valence-electron chi connectivity index (χ0n) is 14.9. The number of aryl methyl sites for hydroxylation is 2. The number of rotatable bonds is 4. The number of amides is 1. The molecule has 3 heterocycles. The Balaban J connectivity index is 1.42. The van der Waals surface area contributed by atoms with Crippen molar-refractivity contribution in [2.24, 2.45) is 0 Å². The Morgan fingerprint density at radius 3 is 3.04 bits per heavy atom. The molecule has 1 fully saturated rings. The van der Waals surface area contributed by atoms with Crippen molar-refractivity contribution in [2.45, 2.75) is 51.1 Å². The first-order valence-electron chi connectivity index (χ1n) is 9.50. The van der Waals surface area contributed by atoms with E-state index < -0.39 is 0 Å². The molecule has 1 atom stereocenters. The largest absolute Gasteiger partial charge is 0.348 e.